The van der Waals surface area contributed by atoms with Crippen molar-refractivity contribution in [3.05, 3.63) is 28.2 Å². The summed E-state index contributed by atoms with van der Waals surface area (Å²) in [5.41, 5.74) is -0.385. The van der Waals surface area contributed by atoms with Crippen LogP contribution in [0.15, 0.2) is 21.0 Å². The molecule has 20 heavy (non-hydrogen) atoms. The van der Waals surface area contributed by atoms with Crippen LogP contribution in [0.1, 0.15) is 13.8 Å². The van der Waals surface area contributed by atoms with Gasteiger partial charge in [0.2, 0.25) is 0 Å². The van der Waals surface area contributed by atoms with E-state index in [1.807, 2.05) is 0 Å². The molecule has 0 bridgehead atoms. The average molecular weight is 301 g/mol. The van der Waals surface area contributed by atoms with Crippen molar-refractivity contribution in [3.8, 4) is 0 Å². The second-order valence-corrected chi connectivity index (χ2v) is 4.75. The van der Waals surface area contributed by atoms with Crippen molar-refractivity contribution in [2.45, 2.75) is 30.6 Å². The minimum absolute atomic E-state index is 0.0302. The lowest BCUT2D eigenvalue weighted by Gasteiger charge is -2.07. The number of rotatable bonds is 5. The predicted octanol–water partition coefficient (Wildman–Crippen LogP) is 1.85. The number of aromatic amines is 1. The Morgan fingerprint density at radius 1 is 1.40 bits per heavy atom. The van der Waals surface area contributed by atoms with E-state index < -0.39 is 11.6 Å². The summed E-state index contributed by atoms with van der Waals surface area (Å²) in [6, 6.07) is 0.758. The Hall–Kier alpha value is -1.90. The fraction of sp³-hybridized carbons (Fsp3) is 0.364. The Labute approximate surface area is 117 Å². The number of nitrogens with one attached hydrogen (secondary N) is 2. The van der Waals surface area contributed by atoms with E-state index in [4.69, 9.17) is 0 Å². The molecular weight excluding hydrogens is 288 g/mol. The number of nitrogens with zero attached hydrogens (tertiary/aromatic N) is 3. The molecule has 0 aromatic carbocycles. The van der Waals surface area contributed by atoms with E-state index in [-0.39, 0.29) is 21.7 Å². The maximum absolute atomic E-state index is 13.7. The first-order chi connectivity index (χ1) is 9.56. The highest BCUT2D eigenvalue weighted by Crippen LogP contribution is 2.28. The van der Waals surface area contributed by atoms with Crippen LogP contribution in [0.5, 0.6) is 0 Å². The zero-order valence-corrected chi connectivity index (χ0v) is 11.7. The molecule has 0 aliphatic rings. The number of anilines is 1. The van der Waals surface area contributed by atoms with Crippen molar-refractivity contribution in [1.82, 2.24) is 19.7 Å². The molecule has 2 rings (SSSR count). The molecule has 0 amide bonds. The van der Waals surface area contributed by atoms with Crippen LogP contribution in [0.2, 0.25) is 0 Å². The molecule has 0 fully saturated rings. The molecule has 9 heteroatoms. The van der Waals surface area contributed by atoms with E-state index in [1.165, 1.54) is 4.57 Å². The maximum atomic E-state index is 13.7. The lowest BCUT2D eigenvalue weighted by Crippen LogP contribution is -2.16. The monoisotopic (exact) mass is 301 g/mol. The van der Waals surface area contributed by atoms with Crippen molar-refractivity contribution in [2.24, 2.45) is 0 Å². The van der Waals surface area contributed by atoms with Gasteiger partial charge in [-0.15, -0.1) is 5.10 Å². The molecule has 2 aromatic heterocycles. The average Bonchev–Trinajstić information content (AvgIpc) is 2.75. The summed E-state index contributed by atoms with van der Waals surface area (Å²) in [5, 5.41) is 9.00. The summed E-state index contributed by atoms with van der Waals surface area (Å²) in [6.45, 7) is 4.39. The van der Waals surface area contributed by atoms with Crippen molar-refractivity contribution in [3.63, 3.8) is 0 Å². The largest absolute Gasteiger partial charge is 0.368 e. The van der Waals surface area contributed by atoms with Crippen LogP contribution in [-0.4, -0.2) is 26.3 Å². The Kier molecular flexibility index (Phi) is 4.38. The maximum Gasteiger partial charge on any atom is 0.343 e. The summed E-state index contributed by atoms with van der Waals surface area (Å²) < 4.78 is 28.5. The van der Waals surface area contributed by atoms with E-state index in [2.05, 4.69) is 20.5 Å². The highest BCUT2D eigenvalue weighted by atomic mass is 32.2. The predicted molar refractivity (Wildman–Crippen MR) is 71.0 cm³/mol. The molecule has 0 radical (unpaired) electrons. The number of hydrogen-bond acceptors (Lipinski definition) is 5. The molecule has 0 spiro atoms. The number of hydrogen-bond donors (Lipinski definition) is 2. The molecule has 0 saturated carbocycles. The number of halogens is 2. The smallest absolute Gasteiger partial charge is 0.343 e. The third-order valence-electron chi connectivity index (χ3n) is 2.47. The SMILES string of the molecule is CCNc1nc(Sc2n[nH]c(=O)n2CC)c(F)cc1F. The molecule has 6 nitrogen and oxygen atoms in total. The van der Waals surface area contributed by atoms with Crippen LogP contribution in [0.25, 0.3) is 0 Å². The van der Waals surface area contributed by atoms with Gasteiger partial charge in [0, 0.05) is 19.2 Å². The first kappa shape index (κ1) is 14.5. The number of H-pyrrole nitrogens is 1. The zero-order valence-electron chi connectivity index (χ0n) is 10.9. The molecule has 0 aliphatic carbocycles. The van der Waals surface area contributed by atoms with E-state index in [9.17, 15) is 13.6 Å². The summed E-state index contributed by atoms with van der Waals surface area (Å²) in [6.07, 6.45) is 0. The number of pyridine rings is 1. The standard InChI is InChI=1S/C11H13F2N5OS/c1-3-14-8-6(12)5-7(13)9(15-8)20-11-17-16-10(19)18(11)4-2/h5H,3-4H2,1-2H3,(H,14,15)(H,16,19). The lowest BCUT2D eigenvalue weighted by molar-refractivity contribution is 0.550. The van der Waals surface area contributed by atoms with E-state index in [0.717, 1.165) is 17.8 Å². The van der Waals surface area contributed by atoms with Gasteiger partial charge in [0.25, 0.3) is 0 Å². The van der Waals surface area contributed by atoms with Gasteiger partial charge in [-0.3, -0.25) is 4.57 Å². The molecule has 108 valence electrons. The van der Waals surface area contributed by atoms with Crippen molar-refractivity contribution in [1.29, 1.82) is 0 Å². The van der Waals surface area contributed by atoms with Gasteiger partial charge >= 0.3 is 5.69 Å². The van der Waals surface area contributed by atoms with Gasteiger partial charge < -0.3 is 5.32 Å². The van der Waals surface area contributed by atoms with E-state index in [1.54, 1.807) is 13.8 Å². The Morgan fingerprint density at radius 2 is 2.15 bits per heavy atom. The Balaban J connectivity index is 2.37. The van der Waals surface area contributed by atoms with Crippen LogP contribution in [0.3, 0.4) is 0 Å². The van der Waals surface area contributed by atoms with E-state index in [0.29, 0.717) is 13.1 Å². The van der Waals surface area contributed by atoms with Gasteiger partial charge in [-0.05, 0) is 25.6 Å². The number of aromatic nitrogens is 4. The zero-order chi connectivity index (χ0) is 14.7. The topological polar surface area (TPSA) is 75.6 Å². The Morgan fingerprint density at radius 3 is 2.80 bits per heavy atom. The Bertz CT molecular complexity index is 669. The van der Waals surface area contributed by atoms with Crippen LogP contribution < -0.4 is 11.0 Å². The first-order valence-electron chi connectivity index (χ1n) is 5.99. The van der Waals surface area contributed by atoms with Crippen LogP contribution >= 0.6 is 11.8 Å². The molecular formula is C11H13F2N5OS. The molecule has 2 heterocycles. The molecule has 0 unspecified atom stereocenters. The van der Waals surface area contributed by atoms with Crippen molar-refractivity contribution >= 4 is 17.6 Å². The molecule has 0 saturated heterocycles. The minimum Gasteiger partial charge on any atom is -0.368 e. The highest BCUT2D eigenvalue weighted by molar-refractivity contribution is 7.99. The molecule has 0 aliphatic heterocycles. The summed E-state index contributed by atoms with van der Waals surface area (Å²) >= 11 is 0.863. The van der Waals surface area contributed by atoms with Gasteiger partial charge in [-0.2, -0.15) is 0 Å². The quantitative estimate of drug-likeness (QED) is 0.881. The van der Waals surface area contributed by atoms with Crippen LogP contribution in [0, 0.1) is 11.6 Å². The molecule has 0 atom stereocenters. The normalized spacial score (nSPS) is 10.8. The fourth-order valence-corrected chi connectivity index (χ4v) is 2.44. The molecule has 2 aromatic rings. The van der Waals surface area contributed by atoms with Crippen molar-refractivity contribution in [2.75, 3.05) is 11.9 Å². The van der Waals surface area contributed by atoms with E-state index >= 15 is 0 Å². The fourth-order valence-electron chi connectivity index (χ4n) is 1.56. The highest BCUT2D eigenvalue weighted by Gasteiger charge is 2.16. The van der Waals surface area contributed by atoms with Gasteiger partial charge in [-0.25, -0.2) is 23.7 Å². The summed E-state index contributed by atoms with van der Waals surface area (Å²) in [5.74, 6) is -1.59. The van der Waals surface area contributed by atoms with Gasteiger partial charge in [0.1, 0.15) is 5.03 Å². The third kappa shape index (κ3) is 2.82. The summed E-state index contributed by atoms with van der Waals surface area (Å²) in [4.78, 5) is 15.3. The lowest BCUT2D eigenvalue weighted by atomic mass is 10.4. The third-order valence-corrected chi connectivity index (χ3v) is 3.44. The summed E-state index contributed by atoms with van der Waals surface area (Å²) in [7, 11) is 0. The van der Waals surface area contributed by atoms with Gasteiger partial charge in [-0.1, -0.05) is 0 Å². The molecule has 2 N–H and O–H groups in total. The van der Waals surface area contributed by atoms with Gasteiger partial charge in [0.05, 0.1) is 0 Å². The van der Waals surface area contributed by atoms with Crippen LogP contribution in [-0.2, 0) is 6.54 Å². The second-order valence-electron chi connectivity index (χ2n) is 3.79. The van der Waals surface area contributed by atoms with Gasteiger partial charge in [0.15, 0.2) is 22.6 Å². The first-order valence-corrected chi connectivity index (χ1v) is 6.81. The minimum atomic E-state index is -0.799. The van der Waals surface area contributed by atoms with Crippen molar-refractivity contribution < 1.29 is 8.78 Å². The van der Waals surface area contributed by atoms with Crippen LogP contribution in [0.4, 0.5) is 14.6 Å². The second kappa shape index (κ2) is 6.04.